The van der Waals surface area contributed by atoms with E-state index in [-0.39, 0.29) is 10.8 Å². The van der Waals surface area contributed by atoms with Crippen molar-refractivity contribution in [2.45, 2.75) is 45.4 Å². The number of rotatable bonds is 4. The first-order chi connectivity index (χ1) is 11.7. The zero-order chi connectivity index (χ0) is 19.2. The van der Waals surface area contributed by atoms with Crippen LogP contribution in [0.25, 0.3) is 0 Å². The molecule has 0 bridgehead atoms. The van der Waals surface area contributed by atoms with Crippen LogP contribution in [0.15, 0.2) is 46.9 Å². The Morgan fingerprint density at radius 2 is 1.64 bits per heavy atom. The van der Waals surface area contributed by atoms with Gasteiger partial charge in [-0.1, -0.05) is 65.5 Å². The highest BCUT2D eigenvalue weighted by molar-refractivity contribution is 9.10. The number of hydrogen-bond donors (Lipinski definition) is 1. The van der Waals surface area contributed by atoms with Crippen LogP contribution in [0, 0.1) is 0 Å². The predicted octanol–water partition coefficient (Wildman–Crippen LogP) is 7.18. The van der Waals surface area contributed by atoms with Crippen LogP contribution < -0.4 is 5.73 Å². The molecule has 0 fully saturated rings. The lowest BCUT2D eigenvalue weighted by molar-refractivity contribution is 0.473. The second kappa shape index (κ2) is 9.86. The first-order valence-corrected chi connectivity index (χ1v) is 10.3. The highest BCUT2D eigenvalue weighted by atomic mass is 79.9. The Morgan fingerprint density at radius 1 is 1.08 bits per heavy atom. The molecule has 0 saturated heterocycles. The van der Waals surface area contributed by atoms with E-state index in [1.165, 1.54) is 5.56 Å². The molecule has 2 N–H and O–H groups in total. The molecular weight excluding hydrogens is 416 g/mol. The highest BCUT2D eigenvalue weighted by Crippen LogP contribution is 2.40. The molecule has 0 saturated carbocycles. The van der Waals surface area contributed by atoms with Crippen molar-refractivity contribution in [2.24, 2.45) is 0 Å². The molecule has 0 spiro atoms. The molecule has 0 aromatic heterocycles. The van der Waals surface area contributed by atoms with Crippen molar-refractivity contribution in [3.8, 4) is 0 Å². The van der Waals surface area contributed by atoms with Gasteiger partial charge >= 0.3 is 0 Å². The van der Waals surface area contributed by atoms with E-state index in [0.717, 1.165) is 20.7 Å². The molecule has 2 rings (SSSR count). The second-order valence-electron chi connectivity index (χ2n) is 6.48. The molecule has 0 aliphatic rings. The van der Waals surface area contributed by atoms with E-state index in [2.05, 4.69) is 66.3 Å². The van der Waals surface area contributed by atoms with Crippen LogP contribution >= 0.6 is 39.5 Å². The molecule has 2 aromatic carbocycles. The molecule has 0 aliphatic carbocycles. The van der Waals surface area contributed by atoms with Crippen molar-refractivity contribution in [1.29, 1.82) is 0 Å². The second-order valence-corrected chi connectivity index (χ2v) is 9.81. The normalized spacial score (nSPS) is 12.5. The lowest BCUT2D eigenvalue weighted by atomic mass is 9.97. The molecule has 25 heavy (non-hydrogen) atoms. The molecule has 0 radical (unpaired) electrons. The number of nitrogens with zero attached hydrogens (tertiary/aromatic N) is 1. The third-order valence-electron chi connectivity index (χ3n) is 3.31. The monoisotopic (exact) mass is 442 g/mol. The molecular formula is C20H28BrClN2S. The van der Waals surface area contributed by atoms with Gasteiger partial charge in [0.25, 0.3) is 0 Å². The minimum atomic E-state index is 0.0500. The van der Waals surface area contributed by atoms with Gasteiger partial charge in [-0.15, -0.1) is 0 Å². The number of anilines is 1. The van der Waals surface area contributed by atoms with E-state index < -0.39 is 0 Å². The maximum atomic E-state index is 6.28. The van der Waals surface area contributed by atoms with Gasteiger partial charge < -0.3 is 5.73 Å². The quantitative estimate of drug-likeness (QED) is 0.401. The van der Waals surface area contributed by atoms with Crippen molar-refractivity contribution in [2.75, 3.05) is 12.8 Å². The average molecular weight is 444 g/mol. The fraction of sp³-hybridized carbons (Fsp3) is 0.400. The first-order valence-electron chi connectivity index (χ1n) is 8.40. The van der Waals surface area contributed by atoms with Gasteiger partial charge in [0.1, 0.15) is 0 Å². The van der Waals surface area contributed by atoms with E-state index in [0.29, 0.717) is 0 Å². The van der Waals surface area contributed by atoms with Gasteiger partial charge in [0.2, 0.25) is 0 Å². The summed E-state index contributed by atoms with van der Waals surface area (Å²) in [5.74, 6) is 0. The smallest absolute Gasteiger partial charge is 0.0719 e. The van der Waals surface area contributed by atoms with Gasteiger partial charge in [-0.05, 0) is 69.3 Å². The van der Waals surface area contributed by atoms with Crippen LogP contribution in [0.5, 0.6) is 0 Å². The van der Waals surface area contributed by atoms with Gasteiger partial charge in [0.15, 0.2) is 0 Å². The van der Waals surface area contributed by atoms with Crippen LogP contribution in [0.3, 0.4) is 0 Å². The van der Waals surface area contributed by atoms with Gasteiger partial charge in [0, 0.05) is 19.9 Å². The fourth-order valence-corrected chi connectivity index (χ4v) is 4.21. The van der Waals surface area contributed by atoms with Gasteiger partial charge in [0.05, 0.1) is 6.04 Å². The Morgan fingerprint density at radius 3 is 2.16 bits per heavy atom. The maximum absolute atomic E-state index is 6.28. The van der Waals surface area contributed by atoms with Crippen LogP contribution in [0.1, 0.15) is 51.8 Å². The summed E-state index contributed by atoms with van der Waals surface area (Å²) in [6.45, 7) is 10.6. The number of hydrogen-bond acceptors (Lipinski definition) is 3. The fourth-order valence-electron chi connectivity index (χ4n) is 2.50. The molecule has 1 atom stereocenters. The lowest BCUT2D eigenvalue weighted by Gasteiger charge is -2.33. The standard InChI is InChI=1S/C18H22BrClN2S.C2H6/c1-18(2,3)23-22(4)17(12-5-8-14(20)9-6-12)15-11-13(19)7-10-16(15)21;1-2/h5-11,17H,21H2,1-4H3;1-2H3. The largest absolute Gasteiger partial charge is 0.398 e. The van der Waals surface area contributed by atoms with Crippen molar-refractivity contribution in [3.63, 3.8) is 0 Å². The maximum Gasteiger partial charge on any atom is 0.0719 e. The minimum Gasteiger partial charge on any atom is -0.398 e. The Hall–Kier alpha value is -0.680. The Bertz CT molecular complexity index is 668. The van der Waals surface area contributed by atoms with Gasteiger partial charge in [-0.3, -0.25) is 0 Å². The van der Waals surface area contributed by atoms with E-state index >= 15 is 0 Å². The summed E-state index contributed by atoms with van der Waals surface area (Å²) < 4.78 is 3.40. The van der Waals surface area contributed by atoms with Crippen molar-refractivity contribution in [1.82, 2.24) is 4.31 Å². The molecule has 0 aliphatic heterocycles. The van der Waals surface area contributed by atoms with Gasteiger partial charge in [-0.25, -0.2) is 4.31 Å². The molecule has 5 heteroatoms. The highest BCUT2D eigenvalue weighted by Gasteiger charge is 2.26. The predicted molar refractivity (Wildman–Crippen MR) is 118 cm³/mol. The third kappa shape index (κ3) is 6.86. The van der Waals surface area contributed by atoms with Crippen molar-refractivity contribution < 1.29 is 0 Å². The zero-order valence-electron chi connectivity index (χ0n) is 15.8. The summed E-state index contributed by atoms with van der Waals surface area (Å²) in [7, 11) is 2.11. The van der Waals surface area contributed by atoms with E-state index in [1.807, 2.05) is 38.1 Å². The zero-order valence-corrected chi connectivity index (χ0v) is 19.0. The van der Waals surface area contributed by atoms with Crippen LogP contribution in [0.4, 0.5) is 5.69 Å². The molecule has 0 amide bonds. The summed E-state index contributed by atoms with van der Waals surface area (Å²) in [6, 6.07) is 14.0. The number of benzene rings is 2. The van der Waals surface area contributed by atoms with Crippen molar-refractivity contribution in [3.05, 3.63) is 63.1 Å². The molecule has 0 heterocycles. The van der Waals surface area contributed by atoms with Crippen LogP contribution in [0.2, 0.25) is 5.02 Å². The first kappa shape index (κ1) is 22.4. The molecule has 2 aromatic rings. The third-order valence-corrected chi connectivity index (χ3v) is 5.10. The molecule has 138 valence electrons. The van der Waals surface area contributed by atoms with Crippen LogP contribution in [-0.4, -0.2) is 16.1 Å². The SMILES string of the molecule is CC.CN(SC(C)(C)C)C(c1ccc(Cl)cc1)c1cc(Br)ccc1N. The molecule has 1 unspecified atom stereocenters. The Kier molecular flexibility index (Phi) is 8.82. The number of halogens is 2. The Balaban J connectivity index is 0.00000151. The summed E-state index contributed by atoms with van der Waals surface area (Å²) >= 11 is 11.4. The van der Waals surface area contributed by atoms with Crippen LogP contribution in [-0.2, 0) is 0 Å². The summed E-state index contributed by atoms with van der Waals surface area (Å²) in [6.07, 6.45) is 0. The van der Waals surface area contributed by atoms with E-state index in [9.17, 15) is 0 Å². The topological polar surface area (TPSA) is 29.3 Å². The number of nitrogens with two attached hydrogens (primary N) is 1. The summed E-state index contributed by atoms with van der Waals surface area (Å²) in [5.41, 5.74) is 9.31. The minimum absolute atomic E-state index is 0.0500. The van der Waals surface area contributed by atoms with E-state index in [4.69, 9.17) is 17.3 Å². The lowest BCUT2D eigenvalue weighted by Crippen LogP contribution is -2.25. The van der Waals surface area contributed by atoms with Crippen molar-refractivity contribution >= 4 is 45.2 Å². The molecule has 2 nitrogen and oxygen atoms in total. The summed E-state index contributed by atoms with van der Waals surface area (Å²) in [4.78, 5) is 0. The summed E-state index contributed by atoms with van der Waals surface area (Å²) in [5, 5.41) is 0.737. The number of nitrogen functional groups attached to an aromatic ring is 1. The van der Waals surface area contributed by atoms with Gasteiger partial charge in [-0.2, -0.15) is 0 Å². The Labute approximate surface area is 170 Å². The average Bonchev–Trinajstić information content (AvgIpc) is 2.53. The van der Waals surface area contributed by atoms with E-state index in [1.54, 1.807) is 11.9 Å².